The fourth-order valence-electron chi connectivity index (χ4n) is 3.97. The number of aryl methyl sites for hydroxylation is 1. The maximum absolute atomic E-state index is 13.3. The Kier molecular flexibility index (Phi) is 8.25. The molecule has 0 radical (unpaired) electrons. The Hall–Kier alpha value is -1.70. The average molecular weight is 461 g/mol. The van der Waals surface area contributed by atoms with Crippen LogP contribution in [0, 0.1) is 0 Å². The summed E-state index contributed by atoms with van der Waals surface area (Å²) in [5, 5.41) is 10.6. The fraction of sp³-hybridized carbons (Fsp3) is 0.524. The van der Waals surface area contributed by atoms with Crippen LogP contribution in [0.15, 0.2) is 36.7 Å². The zero-order valence-corrected chi connectivity index (χ0v) is 18.4. The maximum atomic E-state index is 13.3. The normalized spacial score (nSPS) is 22.5. The van der Waals surface area contributed by atoms with Gasteiger partial charge in [0.15, 0.2) is 0 Å². The summed E-state index contributed by atoms with van der Waals surface area (Å²) in [7, 11) is 0. The van der Waals surface area contributed by atoms with E-state index in [1.807, 2.05) is 25.1 Å². The third kappa shape index (κ3) is 5.93. The maximum Gasteiger partial charge on any atom is 0.255 e. The second kappa shape index (κ2) is 10.1. The zero-order chi connectivity index (χ0) is 19.7. The lowest BCUT2D eigenvalue weighted by Gasteiger charge is -2.29. The Bertz CT molecular complexity index is 851. The molecule has 9 heteroatoms. The lowest BCUT2D eigenvalue weighted by Crippen LogP contribution is -2.38. The SMILES string of the molecule is CCn1cc(NC(=O)c2cccc(C3CC3NC3CCC(F)(F)CC3)c2)cn1.Cl.Cl. The summed E-state index contributed by atoms with van der Waals surface area (Å²) in [5.41, 5.74) is 2.41. The molecule has 166 valence electrons. The number of nitrogens with zero attached hydrogens (tertiary/aromatic N) is 2. The van der Waals surface area contributed by atoms with Gasteiger partial charge < -0.3 is 10.6 Å². The van der Waals surface area contributed by atoms with Gasteiger partial charge in [0.05, 0.1) is 11.9 Å². The summed E-state index contributed by atoms with van der Waals surface area (Å²) in [6, 6.07) is 8.16. The highest BCUT2D eigenvalue weighted by Crippen LogP contribution is 2.43. The topological polar surface area (TPSA) is 59.0 Å². The van der Waals surface area contributed by atoms with Gasteiger partial charge in [-0.1, -0.05) is 12.1 Å². The highest BCUT2D eigenvalue weighted by molar-refractivity contribution is 6.04. The lowest BCUT2D eigenvalue weighted by atomic mass is 9.92. The minimum absolute atomic E-state index is 0. The molecule has 2 aromatic rings. The molecule has 0 bridgehead atoms. The van der Waals surface area contributed by atoms with Crippen molar-refractivity contribution >= 4 is 36.4 Å². The molecule has 5 nitrogen and oxygen atoms in total. The van der Waals surface area contributed by atoms with Gasteiger partial charge in [-0.15, -0.1) is 24.8 Å². The van der Waals surface area contributed by atoms with Crippen LogP contribution in [0.3, 0.4) is 0 Å². The molecule has 0 saturated heterocycles. The molecule has 0 aliphatic heterocycles. The molecular weight excluding hydrogens is 433 g/mol. The molecule has 2 fully saturated rings. The van der Waals surface area contributed by atoms with E-state index < -0.39 is 5.92 Å². The molecule has 2 N–H and O–H groups in total. The van der Waals surface area contributed by atoms with Crippen molar-refractivity contribution in [2.45, 2.75) is 69.5 Å². The van der Waals surface area contributed by atoms with Crippen molar-refractivity contribution < 1.29 is 13.6 Å². The Balaban J connectivity index is 0.00000160. The van der Waals surface area contributed by atoms with E-state index in [1.54, 1.807) is 23.1 Å². The van der Waals surface area contributed by atoms with Crippen LogP contribution in [0.25, 0.3) is 0 Å². The Morgan fingerprint density at radius 2 is 2.00 bits per heavy atom. The lowest BCUT2D eigenvalue weighted by molar-refractivity contribution is -0.0405. The van der Waals surface area contributed by atoms with Crippen molar-refractivity contribution in [3.05, 3.63) is 47.8 Å². The highest BCUT2D eigenvalue weighted by Gasteiger charge is 2.42. The van der Waals surface area contributed by atoms with E-state index in [4.69, 9.17) is 0 Å². The van der Waals surface area contributed by atoms with Crippen LogP contribution >= 0.6 is 24.8 Å². The molecule has 30 heavy (non-hydrogen) atoms. The van der Waals surface area contributed by atoms with Crippen molar-refractivity contribution in [2.24, 2.45) is 0 Å². The molecule has 2 aliphatic rings. The highest BCUT2D eigenvalue weighted by atomic mass is 35.5. The smallest absolute Gasteiger partial charge is 0.255 e. The Morgan fingerprint density at radius 3 is 2.67 bits per heavy atom. The van der Waals surface area contributed by atoms with Gasteiger partial charge in [-0.25, -0.2) is 8.78 Å². The van der Waals surface area contributed by atoms with Crippen LogP contribution in [-0.4, -0.2) is 33.7 Å². The molecule has 0 spiro atoms. The molecule has 1 heterocycles. The zero-order valence-electron chi connectivity index (χ0n) is 16.8. The second-order valence-corrected chi connectivity index (χ2v) is 7.91. The van der Waals surface area contributed by atoms with Crippen molar-refractivity contribution in [2.75, 3.05) is 5.32 Å². The summed E-state index contributed by atoms with van der Waals surface area (Å²) < 4.78 is 28.4. The first kappa shape index (κ1) is 24.6. The summed E-state index contributed by atoms with van der Waals surface area (Å²) in [6.07, 6.45) is 5.45. The van der Waals surface area contributed by atoms with E-state index in [0.29, 0.717) is 36.1 Å². The summed E-state index contributed by atoms with van der Waals surface area (Å²) >= 11 is 0. The number of hydrogen-bond donors (Lipinski definition) is 2. The first-order chi connectivity index (χ1) is 13.4. The van der Waals surface area contributed by atoms with Gasteiger partial charge in [0.1, 0.15) is 0 Å². The van der Waals surface area contributed by atoms with Gasteiger partial charge in [-0.2, -0.15) is 5.10 Å². The third-order valence-electron chi connectivity index (χ3n) is 5.75. The first-order valence-corrected chi connectivity index (χ1v) is 10.0. The standard InChI is InChI=1S/C21H26F2N4O.2ClH/c1-2-27-13-17(12-24-27)26-20(28)15-5-3-4-14(10-15)18-11-19(18)25-16-6-8-21(22,23)9-7-16;;/h3-5,10,12-13,16,18-19,25H,2,6-9,11H2,1H3,(H,26,28);2*1H. The molecular formula is C21H28Cl2F2N4O. The molecule has 2 atom stereocenters. The molecule has 1 amide bonds. The number of alkyl halides is 2. The number of nitrogens with one attached hydrogen (secondary N) is 2. The van der Waals surface area contributed by atoms with Crippen molar-refractivity contribution in [1.82, 2.24) is 15.1 Å². The van der Waals surface area contributed by atoms with Gasteiger partial charge in [0.2, 0.25) is 5.92 Å². The molecule has 2 unspecified atom stereocenters. The van der Waals surface area contributed by atoms with Crippen LogP contribution < -0.4 is 10.6 Å². The minimum atomic E-state index is -2.49. The van der Waals surface area contributed by atoms with E-state index in [-0.39, 0.29) is 49.6 Å². The van der Waals surface area contributed by atoms with Gasteiger partial charge >= 0.3 is 0 Å². The van der Waals surface area contributed by atoms with Gasteiger partial charge in [0, 0.05) is 49.1 Å². The van der Waals surface area contributed by atoms with Crippen LogP contribution in [0.2, 0.25) is 0 Å². The van der Waals surface area contributed by atoms with Crippen molar-refractivity contribution in [3.63, 3.8) is 0 Å². The predicted octanol–water partition coefficient (Wildman–Crippen LogP) is 5.02. The number of aromatic nitrogens is 2. The second-order valence-electron chi connectivity index (χ2n) is 7.91. The van der Waals surface area contributed by atoms with E-state index in [2.05, 4.69) is 15.7 Å². The predicted molar refractivity (Wildman–Crippen MR) is 118 cm³/mol. The number of hydrogen-bond acceptors (Lipinski definition) is 3. The summed E-state index contributed by atoms with van der Waals surface area (Å²) in [4.78, 5) is 12.5. The van der Waals surface area contributed by atoms with Crippen LogP contribution in [0.1, 0.15) is 60.9 Å². The summed E-state index contributed by atoms with van der Waals surface area (Å²) in [5.74, 6) is -2.30. The Morgan fingerprint density at radius 1 is 1.27 bits per heavy atom. The Labute approximate surface area is 187 Å². The number of amides is 1. The summed E-state index contributed by atoms with van der Waals surface area (Å²) in [6.45, 7) is 2.74. The van der Waals surface area contributed by atoms with E-state index in [1.165, 1.54) is 0 Å². The number of carbonyl (C=O) groups is 1. The minimum Gasteiger partial charge on any atom is -0.319 e. The first-order valence-electron chi connectivity index (χ1n) is 10.0. The number of halogens is 4. The van der Waals surface area contributed by atoms with E-state index in [9.17, 15) is 13.6 Å². The van der Waals surface area contributed by atoms with E-state index in [0.717, 1.165) is 18.5 Å². The molecule has 1 aromatic carbocycles. The number of benzene rings is 1. The number of carbonyl (C=O) groups excluding carboxylic acids is 1. The van der Waals surface area contributed by atoms with E-state index >= 15 is 0 Å². The van der Waals surface area contributed by atoms with Crippen molar-refractivity contribution in [3.8, 4) is 0 Å². The van der Waals surface area contributed by atoms with Crippen LogP contribution in [-0.2, 0) is 6.54 Å². The molecule has 2 saturated carbocycles. The van der Waals surface area contributed by atoms with Crippen LogP contribution in [0.5, 0.6) is 0 Å². The van der Waals surface area contributed by atoms with Gasteiger partial charge in [-0.3, -0.25) is 9.48 Å². The third-order valence-corrected chi connectivity index (χ3v) is 5.75. The van der Waals surface area contributed by atoms with Crippen LogP contribution in [0.4, 0.5) is 14.5 Å². The monoisotopic (exact) mass is 460 g/mol. The number of anilines is 1. The number of rotatable bonds is 6. The molecule has 4 rings (SSSR count). The largest absolute Gasteiger partial charge is 0.319 e. The molecule has 2 aliphatic carbocycles. The average Bonchev–Trinajstić information content (AvgIpc) is 3.31. The quantitative estimate of drug-likeness (QED) is 0.635. The van der Waals surface area contributed by atoms with Crippen molar-refractivity contribution in [1.29, 1.82) is 0 Å². The fourth-order valence-corrected chi connectivity index (χ4v) is 3.97. The van der Waals surface area contributed by atoms with Gasteiger partial charge in [-0.05, 0) is 43.9 Å². The molecule has 1 aromatic heterocycles. The van der Waals surface area contributed by atoms with Gasteiger partial charge in [0.25, 0.3) is 5.91 Å².